The number of benzene rings is 1. The first-order chi connectivity index (χ1) is 15.5. The minimum atomic E-state index is -0.304. The quantitative estimate of drug-likeness (QED) is 0.483. The molecule has 1 fully saturated rings. The molecular formula is C23H26N6O2S. The molecule has 2 atom stereocenters. The zero-order valence-corrected chi connectivity index (χ0v) is 19.0. The lowest BCUT2D eigenvalue weighted by Crippen LogP contribution is -2.36. The number of aromatic nitrogens is 4. The maximum atomic E-state index is 12.2. The van der Waals surface area contributed by atoms with Gasteiger partial charge < -0.3 is 19.9 Å². The van der Waals surface area contributed by atoms with Crippen LogP contribution in [0.3, 0.4) is 0 Å². The van der Waals surface area contributed by atoms with E-state index in [1.165, 1.54) is 4.90 Å². The number of hydrogen-bond acceptors (Lipinski definition) is 7. The third-order valence-corrected chi connectivity index (χ3v) is 6.90. The fourth-order valence-corrected chi connectivity index (χ4v) is 5.19. The molecule has 9 heteroatoms. The SMILES string of the molecule is CN(C)C(=O)c1cnc2c(c1)ncn2Cc1ccc2nc(N[C@@H]3CCCC[C@H]3O)sc2c1. The van der Waals surface area contributed by atoms with Crippen molar-refractivity contribution in [1.29, 1.82) is 0 Å². The number of fused-ring (bicyclic) bond motifs is 2. The maximum Gasteiger partial charge on any atom is 0.254 e. The third kappa shape index (κ3) is 4.05. The summed E-state index contributed by atoms with van der Waals surface area (Å²) in [6.07, 6.45) is 7.12. The van der Waals surface area contributed by atoms with Crippen molar-refractivity contribution in [2.24, 2.45) is 0 Å². The second-order valence-corrected chi connectivity index (χ2v) is 9.59. The van der Waals surface area contributed by atoms with Crippen LogP contribution >= 0.6 is 11.3 Å². The number of hydrogen-bond donors (Lipinski definition) is 2. The summed E-state index contributed by atoms with van der Waals surface area (Å²) in [5.41, 5.74) is 4.06. The Kier molecular flexibility index (Phi) is 5.52. The van der Waals surface area contributed by atoms with Crippen molar-refractivity contribution in [2.75, 3.05) is 19.4 Å². The lowest BCUT2D eigenvalue weighted by molar-refractivity contribution is 0.0827. The molecule has 32 heavy (non-hydrogen) atoms. The van der Waals surface area contributed by atoms with Gasteiger partial charge in [-0.05, 0) is 36.6 Å². The van der Waals surface area contributed by atoms with Gasteiger partial charge in [-0.1, -0.05) is 30.2 Å². The summed E-state index contributed by atoms with van der Waals surface area (Å²) in [7, 11) is 3.44. The Hall–Kier alpha value is -3.04. The van der Waals surface area contributed by atoms with E-state index in [0.717, 1.165) is 52.2 Å². The normalized spacial score (nSPS) is 18.8. The van der Waals surface area contributed by atoms with Gasteiger partial charge >= 0.3 is 0 Å². The number of aliphatic hydroxyl groups is 1. The van der Waals surface area contributed by atoms with Gasteiger partial charge in [-0.25, -0.2) is 15.0 Å². The van der Waals surface area contributed by atoms with Crippen LogP contribution in [0.4, 0.5) is 5.13 Å². The van der Waals surface area contributed by atoms with Crippen molar-refractivity contribution >= 4 is 43.8 Å². The van der Waals surface area contributed by atoms with Crippen LogP contribution in [0.15, 0.2) is 36.8 Å². The Bertz CT molecular complexity index is 1280. The Morgan fingerprint density at radius 3 is 2.88 bits per heavy atom. The summed E-state index contributed by atoms with van der Waals surface area (Å²) >= 11 is 1.62. The minimum absolute atomic E-state index is 0.0800. The van der Waals surface area contributed by atoms with Crippen molar-refractivity contribution in [3.8, 4) is 0 Å². The number of imidazole rings is 1. The molecule has 1 aliphatic carbocycles. The standard InChI is InChI=1S/C23H26N6O2S/c1-28(2)22(31)15-10-18-21(24-11-15)29(13-25-18)12-14-7-8-17-20(9-14)32-23(27-17)26-16-5-3-4-6-19(16)30/h7-11,13,16,19,30H,3-6,12H2,1-2H3,(H,26,27)/t16-,19-/m1/s1. The van der Waals surface area contributed by atoms with Crippen LogP contribution in [0.1, 0.15) is 41.6 Å². The first-order valence-corrected chi connectivity index (χ1v) is 11.7. The fourth-order valence-electron chi connectivity index (χ4n) is 4.20. The van der Waals surface area contributed by atoms with Crippen LogP contribution in [0.2, 0.25) is 0 Å². The molecule has 4 aromatic rings. The molecule has 1 saturated carbocycles. The highest BCUT2D eigenvalue weighted by Gasteiger charge is 2.23. The molecule has 5 rings (SSSR count). The number of aliphatic hydroxyl groups excluding tert-OH is 1. The topological polar surface area (TPSA) is 96.2 Å². The van der Waals surface area contributed by atoms with Crippen molar-refractivity contribution in [3.63, 3.8) is 0 Å². The van der Waals surface area contributed by atoms with Crippen molar-refractivity contribution < 1.29 is 9.90 Å². The Labute approximate surface area is 189 Å². The number of carbonyl (C=O) groups is 1. The lowest BCUT2D eigenvalue weighted by Gasteiger charge is -2.27. The zero-order chi connectivity index (χ0) is 22.2. The third-order valence-electron chi connectivity index (χ3n) is 5.95. The van der Waals surface area contributed by atoms with Crippen LogP contribution in [-0.4, -0.2) is 61.7 Å². The molecule has 1 amide bonds. The molecule has 2 N–H and O–H groups in total. The van der Waals surface area contributed by atoms with Crippen LogP contribution in [-0.2, 0) is 6.54 Å². The van der Waals surface area contributed by atoms with Crippen molar-refractivity contribution in [1.82, 2.24) is 24.4 Å². The van der Waals surface area contributed by atoms with Gasteiger partial charge in [-0.2, -0.15) is 0 Å². The minimum Gasteiger partial charge on any atom is -0.391 e. The number of rotatable bonds is 5. The summed E-state index contributed by atoms with van der Waals surface area (Å²) in [5, 5.41) is 14.5. The monoisotopic (exact) mass is 450 g/mol. The number of nitrogens with one attached hydrogen (secondary N) is 1. The molecular weight excluding hydrogens is 424 g/mol. The Morgan fingerprint density at radius 1 is 1.22 bits per heavy atom. The predicted molar refractivity (Wildman–Crippen MR) is 126 cm³/mol. The summed E-state index contributed by atoms with van der Waals surface area (Å²) < 4.78 is 3.09. The van der Waals surface area contributed by atoms with E-state index in [1.54, 1.807) is 44.0 Å². The van der Waals surface area contributed by atoms with E-state index >= 15 is 0 Å². The number of pyridine rings is 1. The van der Waals surface area contributed by atoms with E-state index in [2.05, 4.69) is 27.4 Å². The van der Waals surface area contributed by atoms with Gasteiger partial charge in [0.1, 0.15) is 5.52 Å². The molecule has 0 radical (unpaired) electrons. The van der Waals surface area contributed by atoms with Crippen molar-refractivity contribution in [2.45, 2.75) is 44.4 Å². The predicted octanol–water partition coefficient (Wildman–Crippen LogP) is 3.51. The largest absolute Gasteiger partial charge is 0.391 e. The number of nitrogens with zero attached hydrogens (tertiary/aromatic N) is 5. The van der Waals surface area contributed by atoms with Gasteiger partial charge in [0, 0.05) is 20.3 Å². The Morgan fingerprint density at radius 2 is 2.06 bits per heavy atom. The van der Waals surface area contributed by atoms with E-state index in [-0.39, 0.29) is 18.1 Å². The summed E-state index contributed by atoms with van der Waals surface area (Å²) in [5.74, 6) is -0.0882. The molecule has 3 heterocycles. The average Bonchev–Trinajstić information content (AvgIpc) is 3.37. The molecule has 166 valence electrons. The molecule has 0 spiro atoms. The van der Waals surface area contributed by atoms with Crippen LogP contribution < -0.4 is 5.32 Å². The number of thiazole rings is 1. The van der Waals surface area contributed by atoms with Gasteiger partial charge in [0.05, 0.1) is 40.8 Å². The Balaban J connectivity index is 1.36. The van der Waals surface area contributed by atoms with E-state index in [1.807, 2.05) is 10.6 Å². The van der Waals surface area contributed by atoms with Gasteiger partial charge in [-0.3, -0.25) is 4.79 Å². The summed E-state index contributed by atoms with van der Waals surface area (Å²) in [6.45, 7) is 0.627. The molecule has 1 aliphatic rings. The van der Waals surface area contributed by atoms with E-state index in [9.17, 15) is 9.90 Å². The smallest absolute Gasteiger partial charge is 0.254 e. The number of carbonyl (C=O) groups excluding carboxylic acids is 1. The van der Waals surface area contributed by atoms with E-state index in [4.69, 9.17) is 4.98 Å². The summed E-state index contributed by atoms with van der Waals surface area (Å²) in [4.78, 5) is 27.3. The van der Waals surface area contributed by atoms with Crippen LogP contribution in [0.5, 0.6) is 0 Å². The molecule has 0 bridgehead atoms. The number of anilines is 1. The molecule has 0 unspecified atom stereocenters. The van der Waals surface area contributed by atoms with Gasteiger partial charge in [0.25, 0.3) is 5.91 Å². The second-order valence-electron chi connectivity index (χ2n) is 8.56. The molecule has 1 aromatic carbocycles. The first-order valence-electron chi connectivity index (χ1n) is 10.8. The zero-order valence-electron chi connectivity index (χ0n) is 18.2. The van der Waals surface area contributed by atoms with Crippen molar-refractivity contribution in [3.05, 3.63) is 47.9 Å². The van der Waals surface area contributed by atoms with Crippen LogP contribution in [0.25, 0.3) is 21.4 Å². The van der Waals surface area contributed by atoms with Gasteiger partial charge in [0.2, 0.25) is 0 Å². The maximum absolute atomic E-state index is 12.2. The molecule has 0 saturated heterocycles. The van der Waals surface area contributed by atoms with E-state index in [0.29, 0.717) is 17.6 Å². The highest BCUT2D eigenvalue weighted by molar-refractivity contribution is 7.22. The first kappa shape index (κ1) is 20.8. The average molecular weight is 451 g/mol. The molecule has 8 nitrogen and oxygen atoms in total. The number of amides is 1. The lowest BCUT2D eigenvalue weighted by atomic mass is 9.93. The van der Waals surface area contributed by atoms with Gasteiger partial charge in [-0.15, -0.1) is 0 Å². The van der Waals surface area contributed by atoms with E-state index < -0.39 is 0 Å². The van der Waals surface area contributed by atoms with Gasteiger partial charge in [0.15, 0.2) is 10.8 Å². The highest BCUT2D eigenvalue weighted by Crippen LogP contribution is 2.30. The highest BCUT2D eigenvalue weighted by atomic mass is 32.1. The second kappa shape index (κ2) is 8.48. The van der Waals surface area contributed by atoms with Crippen LogP contribution in [0, 0.1) is 0 Å². The fraction of sp³-hybridized carbons (Fsp3) is 0.391. The molecule has 0 aliphatic heterocycles. The molecule has 3 aromatic heterocycles. The summed E-state index contributed by atoms with van der Waals surface area (Å²) in [6, 6.07) is 8.11.